The average molecular weight is 449 g/mol. The number of carbonyl (C=O) groups excluding carboxylic acids is 2. The Labute approximate surface area is 176 Å². The second-order valence-corrected chi connectivity index (χ2v) is 7.47. The smallest absolute Gasteiger partial charge is 0.308 e. The van der Waals surface area contributed by atoms with Crippen molar-refractivity contribution in [3.63, 3.8) is 0 Å². The maximum atomic E-state index is 13.6. The molecule has 0 aliphatic carbocycles. The third-order valence-corrected chi connectivity index (χ3v) is 4.96. The minimum Gasteiger partial charge on any atom is -0.426 e. The van der Waals surface area contributed by atoms with E-state index in [1.54, 1.807) is 22.8 Å². The standard InChI is InChI=1S/C23H17BrN2O3/c1-15(27)29-21-12-11-17(24)14-18(21)23(28)26-20-10-6-5-9-19(20)25-22(26)13-16-7-3-2-4-8-16/h2-12,14H,13H2,1H3. The average Bonchev–Trinajstić information content (AvgIpc) is 3.07. The summed E-state index contributed by atoms with van der Waals surface area (Å²) in [5.74, 6) is 0.0499. The zero-order valence-electron chi connectivity index (χ0n) is 15.6. The van der Waals surface area contributed by atoms with Crippen LogP contribution < -0.4 is 4.74 Å². The number of rotatable bonds is 4. The van der Waals surface area contributed by atoms with Gasteiger partial charge in [0.15, 0.2) is 0 Å². The van der Waals surface area contributed by atoms with Gasteiger partial charge in [0.2, 0.25) is 0 Å². The number of ether oxygens (including phenoxy) is 1. The highest BCUT2D eigenvalue weighted by molar-refractivity contribution is 9.10. The molecule has 5 nitrogen and oxygen atoms in total. The number of fused-ring (bicyclic) bond motifs is 1. The molecule has 1 heterocycles. The van der Waals surface area contributed by atoms with Crippen LogP contribution >= 0.6 is 15.9 Å². The Balaban J connectivity index is 1.87. The quantitative estimate of drug-likeness (QED) is 0.325. The van der Waals surface area contributed by atoms with Crippen LogP contribution in [0.5, 0.6) is 5.75 Å². The van der Waals surface area contributed by atoms with Crippen LogP contribution in [0.3, 0.4) is 0 Å². The number of hydrogen-bond acceptors (Lipinski definition) is 4. The van der Waals surface area contributed by atoms with Gasteiger partial charge in [-0.15, -0.1) is 0 Å². The largest absolute Gasteiger partial charge is 0.426 e. The van der Waals surface area contributed by atoms with E-state index < -0.39 is 5.97 Å². The van der Waals surface area contributed by atoms with Crippen LogP contribution in [-0.2, 0) is 11.2 Å². The molecule has 0 aliphatic heterocycles. The van der Waals surface area contributed by atoms with Crippen LogP contribution in [0.25, 0.3) is 11.0 Å². The minimum atomic E-state index is -0.485. The molecule has 0 atom stereocenters. The predicted octanol–water partition coefficient (Wildman–Crippen LogP) is 5.00. The number of imidazole rings is 1. The molecular formula is C23H17BrN2O3. The van der Waals surface area contributed by atoms with E-state index in [1.807, 2.05) is 54.6 Å². The van der Waals surface area contributed by atoms with Crippen molar-refractivity contribution in [1.29, 1.82) is 0 Å². The Bertz CT molecular complexity index is 1220. The van der Waals surface area contributed by atoms with Gasteiger partial charge in [0.1, 0.15) is 11.6 Å². The topological polar surface area (TPSA) is 61.2 Å². The van der Waals surface area contributed by atoms with Crippen molar-refractivity contribution < 1.29 is 14.3 Å². The number of aromatic nitrogens is 2. The first-order valence-corrected chi connectivity index (χ1v) is 9.85. The Morgan fingerprint density at radius 1 is 1.00 bits per heavy atom. The molecule has 0 saturated heterocycles. The fourth-order valence-electron chi connectivity index (χ4n) is 3.23. The first-order chi connectivity index (χ1) is 14.0. The zero-order valence-corrected chi connectivity index (χ0v) is 17.2. The van der Waals surface area contributed by atoms with Gasteiger partial charge in [0, 0.05) is 17.8 Å². The Hall–Kier alpha value is -3.25. The third-order valence-electron chi connectivity index (χ3n) is 4.46. The van der Waals surface area contributed by atoms with E-state index in [0.29, 0.717) is 22.2 Å². The van der Waals surface area contributed by atoms with Crippen molar-refractivity contribution in [3.8, 4) is 5.75 Å². The molecule has 0 radical (unpaired) electrons. The molecule has 1 aromatic heterocycles. The fraction of sp³-hybridized carbons (Fsp3) is 0.0870. The van der Waals surface area contributed by atoms with Gasteiger partial charge in [-0.1, -0.05) is 58.4 Å². The molecule has 6 heteroatoms. The number of carbonyl (C=O) groups is 2. The van der Waals surface area contributed by atoms with Crippen LogP contribution in [0.1, 0.15) is 28.7 Å². The van der Waals surface area contributed by atoms with Gasteiger partial charge < -0.3 is 4.74 Å². The molecule has 0 aliphatic rings. The number of nitrogens with zero attached hydrogens (tertiary/aromatic N) is 2. The minimum absolute atomic E-state index is 0.217. The second-order valence-electron chi connectivity index (χ2n) is 6.55. The highest BCUT2D eigenvalue weighted by Crippen LogP contribution is 2.27. The van der Waals surface area contributed by atoms with Gasteiger partial charge in [-0.2, -0.15) is 0 Å². The number of benzene rings is 3. The van der Waals surface area contributed by atoms with Crippen molar-refractivity contribution in [3.05, 3.63) is 94.2 Å². The molecule has 0 amide bonds. The Kier molecular flexibility index (Phi) is 5.27. The molecule has 0 saturated carbocycles. The highest BCUT2D eigenvalue weighted by Gasteiger charge is 2.22. The summed E-state index contributed by atoms with van der Waals surface area (Å²) < 4.78 is 7.58. The lowest BCUT2D eigenvalue weighted by atomic mass is 10.1. The lowest BCUT2D eigenvalue weighted by molar-refractivity contribution is -0.131. The molecular weight excluding hydrogens is 432 g/mol. The zero-order chi connectivity index (χ0) is 20.4. The molecule has 4 rings (SSSR count). The van der Waals surface area contributed by atoms with E-state index in [1.165, 1.54) is 6.92 Å². The number of halogens is 1. The van der Waals surface area contributed by atoms with Crippen molar-refractivity contribution in [2.24, 2.45) is 0 Å². The highest BCUT2D eigenvalue weighted by atomic mass is 79.9. The van der Waals surface area contributed by atoms with Crippen LogP contribution in [0.2, 0.25) is 0 Å². The normalized spacial score (nSPS) is 10.8. The summed E-state index contributed by atoms with van der Waals surface area (Å²) in [5, 5.41) is 0. The van der Waals surface area contributed by atoms with Crippen molar-refractivity contribution >= 4 is 38.8 Å². The van der Waals surface area contributed by atoms with Gasteiger partial charge in [-0.3, -0.25) is 14.2 Å². The summed E-state index contributed by atoms with van der Waals surface area (Å²) in [7, 11) is 0. The van der Waals surface area contributed by atoms with Gasteiger partial charge in [0.25, 0.3) is 5.91 Å². The molecule has 29 heavy (non-hydrogen) atoms. The van der Waals surface area contributed by atoms with Gasteiger partial charge >= 0.3 is 5.97 Å². The SMILES string of the molecule is CC(=O)Oc1ccc(Br)cc1C(=O)n1c(Cc2ccccc2)nc2ccccc21. The maximum Gasteiger partial charge on any atom is 0.308 e. The second kappa shape index (κ2) is 8.01. The molecule has 0 bridgehead atoms. The van der Waals surface area contributed by atoms with Crippen LogP contribution in [-0.4, -0.2) is 21.4 Å². The molecule has 0 spiro atoms. The fourth-order valence-corrected chi connectivity index (χ4v) is 3.59. The Morgan fingerprint density at radius 2 is 1.72 bits per heavy atom. The van der Waals surface area contributed by atoms with E-state index in [0.717, 1.165) is 11.1 Å². The van der Waals surface area contributed by atoms with Crippen molar-refractivity contribution in [2.45, 2.75) is 13.3 Å². The van der Waals surface area contributed by atoms with E-state index in [-0.39, 0.29) is 17.2 Å². The summed E-state index contributed by atoms with van der Waals surface area (Å²) >= 11 is 3.40. The van der Waals surface area contributed by atoms with E-state index in [2.05, 4.69) is 15.9 Å². The predicted molar refractivity (Wildman–Crippen MR) is 114 cm³/mol. The van der Waals surface area contributed by atoms with Crippen molar-refractivity contribution in [2.75, 3.05) is 0 Å². The molecule has 4 aromatic rings. The monoisotopic (exact) mass is 448 g/mol. The molecule has 0 N–H and O–H groups in total. The van der Waals surface area contributed by atoms with E-state index >= 15 is 0 Å². The van der Waals surface area contributed by atoms with E-state index in [9.17, 15) is 9.59 Å². The number of hydrogen-bond donors (Lipinski definition) is 0. The molecule has 0 fully saturated rings. The number of esters is 1. The Morgan fingerprint density at radius 3 is 2.48 bits per heavy atom. The summed E-state index contributed by atoms with van der Waals surface area (Å²) in [6, 6.07) is 22.3. The molecule has 3 aromatic carbocycles. The van der Waals surface area contributed by atoms with Crippen LogP contribution in [0.4, 0.5) is 0 Å². The summed E-state index contributed by atoms with van der Waals surface area (Å²) in [5.41, 5.74) is 2.77. The van der Waals surface area contributed by atoms with Gasteiger partial charge in [0.05, 0.1) is 16.6 Å². The maximum absolute atomic E-state index is 13.6. The number of para-hydroxylation sites is 2. The van der Waals surface area contributed by atoms with Gasteiger partial charge in [-0.25, -0.2) is 4.98 Å². The van der Waals surface area contributed by atoms with Crippen LogP contribution in [0, 0.1) is 0 Å². The summed E-state index contributed by atoms with van der Waals surface area (Å²) in [6.07, 6.45) is 0.498. The van der Waals surface area contributed by atoms with Gasteiger partial charge in [-0.05, 0) is 35.9 Å². The summed E-state index contributed by atoms with van der Waals surface area (Å²) in [4.78, 5) is 29.8. The molecule has 0 unspecified atom stereocenters. The summed E-state index contributed by atoms with van der Waals surface area (Å²) in [6.45, 7) is 1.31. The van der Waals surface area contributed by atoms with Crippen LogP contribution in [0.15, 0.2) is 77.3 Å². The lowest BCUT2D eigenvalue weighted by Crippen LogP contribution is -2.17. The third kappa shape index (κ3) is 3.98. The first kappa shape index (κ1) is 19.1. The first-order valence-electron chi connectivity index (χ1n) is 9.06. The van der Waals surface area contributed by atoms with Crippen molar-refractivity contribution in [1.82, 2.24) is 9.55 Å². The lowest BCUT2D eigenvalue weighted by Gasteiger charge is -2.12. The van der Waals surface area contributed by atoms with E-state index in [4.69, 9.17) is 9.72 Å². The molecule has 144 valence electrons.